The van der Waals surface area contributed by atoms with Gasteiger partial charge in [-0.1, -0.05) is 12.1 Å². The summed E-state index contributed by atoms with van der Waals surface area (Å²) >= 11 is 0. The monoisotopic (exact) mass is 206 g/mol. The van der Waals surface area contributed by atoms with E-state index in [0.717, 1.165) is 31.1 Å². The smallest absolute Gasteiger partial charge is 0.0600 e. The van der Waals surface area contributed by atoms with Gasteiger partial charge in [0.15, 0.2) is 0 Å². The summed E-state index contributed by atoms with van der Waals surface area (Å²) in [6, 6.07) is 8.06. The van der Waals surface area contributed by atoms with Crippen LogP contribution in [0.5, 0.6) is 0 Å². The van der Waals surface area contributed by atoms with E-state index in [1.54, 1.807) is 7.11 Å². The molecule has 0 saturated carbocycles. The van der Waals surface area contributed by atoms with E-state index in [9.17, 15) is 0 Å². The van der Waals surface area contributed by atoms with Crippen LogP contribution in [0.2, 0.25) is 0 Å². The molecule has 1 heterocycles. The third-order valence-corrected chi connectivity index (χ3v) is 2.97. The highest BCUT2D eigenvalue weighted by atomic mass is 16.5. The molecule has 1 fully saturated rings. The lowest BCUT2D eigenvalue weighted by molar-refractivity contribution is 0.161. The number of benzene rings is 1. The molecule has 1 aromatic carbocycles. The maximum atomic E-state index is 5.95. The normalized spacial score (nSPS) is 20.9. The minimum atomic E-state index is 0.648. The highest BCUT2D eigenvalue weighted by Gasteiger charge is 2.23. The summed E-state index contributed by atoms with van der Waals surface area (Å²) in [5.41, 5.74) is 7.98. The van der Waals surface area contributed by atoms with Gasteiger partial charge in [-0.2, -0.15) is 0 Å². The SMILES string of the molecule is COC[C@H]1CCN(c2ccccc2N)C1. The van der Waals surface area contributed by atoms with Crippen LogP contribution in [-0.4, -0.2) is 26.8 Å². The molecule has 1 aliphatic rings. The van der Waals surface area contributed by atoms with Crippen LogP contribution in [0.15, 0.2) is 24.3 Å². The molecule has 2 rings (SSSR count). The molecule has 0 unspecified atom stereocenters. The van der Waals surface area contributed by atoms with E-state index in [2.05, 4.69) is 11.0 Å². The molecule has 0 aliphatic carbocycles. The van der Waals surface area contributed by atoms with Crippen LogP contribution >= 0.6 is 0 Å². The summed E-state index contributed by atoms with van der Waals surface area (Å²) in [7, 11) is 1.76. The van der Waals surface area contributed by atoms with Gasteiger partial charge in [-0.15, -0.1) is 0 Å². The average Bonchev–Trinajstić information content (AvgIpc) is 2.68. The third kappa shape index (κ3) is 2.23. The van der Waals surface area contributed by atoms with Crippen molar-refractivity contribution in [1.82, 2.24) is 0 Å². The summed E-state index contributed by atoms with van der Waals surface area (Å²) in [6.07, 6.45) is 1.20. The Morgan fingerprint density at radius 1 is 1.47 bits per heavy atom. The molecule has 0 amide bonds. The second kappa shape index (κ2) is 4.53. The molecule has 1 aliphatic heterocycles. The second-order valence-electron chi connectivity index (χ2n) is 4.11. The van der Waals surface area contributed by atoms with Gasteiger partial charge in [0.1, 0.15) is 0 Å². The molecule has 1 aromatic rings. The van der Waals surface area contributed by atoms with Crippen molar-refractivity contribution < 1.29 is 4.74 Å². The number of hydrogen-bond acceptors (Lipinski definition) is 3. The van der Waals surface area contributed by atoms with Crippen molar-refractivity contribution in [3.63, 3.8) is 0 Å². The quantitative estimate of drug-likeness (QED) is 0.766. The van der Waals surface area contributed by atoms with E-state index in [1.807, 2.05) is 18.2 Å². The van der Waals surface area contributed by atoms with Gasteiger partial charge >= 0.3 is 0 Å². The first kappa shape index (κ1) is 10.3. The van der Waals surface area contributed by atoms with Gasteiger partial charge in [0.25, 0.3) is 0 Å². The molecule has 0 bridgehead atoms. The topological polar surface area (TPSA) is 38.5 Å². The van der Waals surface area contributed by atoms with Gasteiger partial charge in [0.05, 0.1) is 18.0 Å². The lowest BCUT2D eigenvalue weighted by Crippen LogP contribution is -2.21. The predicted molar refractivity (Wildman–Crippen MR) is 63.1 cm³/mol. The minimum absolute atomic E-state index is 0.648. The third-order valence-electron chi connectivity index (χ3n) is 2.97. The van der Waals surface area contributed by atoms with Crippen LogP contribution in [0.4, 0.5) is 11.4 Å². The molecule has 0 aromatic heterocycles. The molecule has 2 N–H and O–H groups in total. The summed E-state index contributed by atoms with van der Waals surface area (Å²) < 4.78 is 5.18. The summed E-state index contributed by atoms with van der Waals surface area (Å²) in [5, 5.41) is 0. The van der Waals surface area contributed by atoms with Gasteiger partial charge in [0, 0.05) is 26.1 Å². The van der Waals surface area contributed by atoms with Crippen LogP contribution in [0.3, 0.4) is 0 Å². The number of rotatable bonds is 3. The Balaban J connectivity index is 2.04. The number of nitrogen functional groups attached to an aromatic ring is 1. The van der Waals surface area contributed by atoms with Gasteiger partial charge in [-0.05, 0) is 18.6 Å². The first-order chi connectivity index (χ1) is 7.31. The lowest BCUT2D eigenvalue weighted by Gasteiger charge is -2.20. The predicted octanol–water partition coefficient (Wildman–Crippen LogP) is 1.74. The van der Waals surface area contributed by atoms with Crippen molar-refractivity contribution in [2.45, 2.75) is 6.42 Å². The minimum Gasteiger partial charge on any atom is -0.397 e. The number of para-hydroxylation sites is 2. The van der Waals surface area contributed by atoms with Gasteiger partial charge in [-0.25, -0.2) is 0 Å². The second-order valence-corrected chi connectivity index (χ2v) is 4.11. The lowest BCUT2D eigenvalue weighted by atomic mass is 10.1. The number of hydrogen-bond donors (Lipinski definition) is 1. The van der Waals surface area contributed by atoms with E-state index in [-0.39, 0.29) is 0 Å². The Labute approximate surface area is 90.8 Å². The van der Waals surface area contributed by atoms with Crippen molar-refractivity contribution in [2.75, 3.05) is 37.4 Å². The maximum absolute atomic E-state index is 5.95. The highest BCUT2D eigenvalue weighted by Crippen LogP contribution is 2.28. The number of methoxy groups -OCH3 is 1. The standard InChI is InChI=1S/C12H18N2O/c1-15-9-10-6-7-14(8-10)12-5-3-2-4-11(12)13/h2-5,10H,6-9,13H2,1H3/t10-/m0/s1. The van der Waals surface area contributed by atoms with Crippen LogP contribution in [0, 0.1) is 5.92 Å². The molecule has 3 nitrogen and oxygen atoms in total. The van der Waals surface area contributed by atoms with Crippen molar-refractivity contribution >= 4 is 11.4 Å². The van der Waals surface area contributed by atoms with Crippen LogP contribution in [0.1, 0.15) is 6.42 Å². The Morgan fingerprint density at radius 3 is 3.00 bits per heavy atom. The Bertz CT molecular complexity index is 327. The average molecular weight is 206 g/mol. The van der Waals surface area contributed by atoms with Crippen LogP contribution in [-0.2, 0) is 4.74 Å². The van der Waals surface area contributed by atoms with Crippen LogP contribution < -0.4 is 10.6 Å². The van der Waals surface area contributed by atoms with E-state index in [0.29, 0.717) is 5.92 Å². The van der Waals surface area contributed by atoms with Crippen LogP contribution in [0.25, 0.3) is 0 Å². The molecular weight excluding hydrogens is 188 g/mol. The summed E-state index contributed by atoms with van der Waals surface area (Å²) in [6.45, 7) is 2.99. The highest BCUT2D eigenvalue weighted by molar-refractivity contribution is 5.67. The number of ether oxygens (including phenoxy) is 1. The molecule has 1 atom stereocenters. The fraction of sp³-hybridized carbons (Fsp3) is 0.500. The summed E-state index contributed by atoms with van der Waals surface area (Å²) in [4.78, 5) is 2.35. The number of nitrogens with zero attached hydrogens (tertiary/aromatic N) is 1. The molecule has 0 radical (unpaired) electrons. The first-order valence-corrected chi connectivity index (χ1v) is 5.39. The van der Waals surface area contributed by atoms with Gasteiger partial charge in [0.2, 0.25) is 0 Å². The van der Waals surface area contributed by atoms with E-state index in [4.69, 9.17) is 10.5 Å². The zero-order chi connectivity index (χ0) is 10.7. The Hall–Kier alpha value is -1.22. The number of nitrogens with two attached hydrogens (primary N) is 1. The fourth-order valence-corrected chi connectivity index (χ4v) is 2.20. The zero-order valence-electron chi connectivity index (χ0n) is 9.15. The van der Waals surface area contributed by atoms with Gasteiger partial charge < -0.3 is 15.4 Å². The van der Waals surface area contributed by atoms with Crippen molar-refractivity contribution in [2.24, 2.45) is 5.92 Å². The molecule has 0 spiro atoms. The molecule has 3 heteroatoms. The molecule has 15 heavy (non-hydrogen) atoms. The first-order valence-electron chi connectivity index (χ1n) is 5.39. The van der Waals surface area contributed by atoms with E-state index in [1.165, 1.54) is 6.42 Å². The summed E-state index contributed by atoms with van der Waals surface area (Å²) in [5.74, 6) is 0.648. The van der Waals surface area contributed by atoms with E-state index >= 15 is 0 Å². The fourth-order valence-electron chi connectivity index (χ4n) is 2.20. The molecular formula is C12H18N2O. The number of anilines is 2. The van der Waals surface area contributed by atoms with Crippen molar-refractivity contribution in [3.8, 4) is 0 Å². The Kier molecular flexibility index (Phi) is 3.11. The van der Waals surface area contributed by atoms with Gasteiger partial charge in [-0.3, -0.25) is 0 Å². The van der Waals surface area contributed by atoms with E-state index < -0.39 is 0 Å². The largest absolute Gasteiger partial charge is 0.397 e. The zero-order valence-corrected chi connectivity index (χ0v) is 9.15. The molecule has 1 saturated heterocycles. The van der Waals surface area contributed by atoms with Crippen molar-refractivity contribution in [1.29, 1.82) is 0 Å². The van der Waals surface area contributed by atoms with Crippen molar-refractivity contribution in [3.05, 3.63) is 24.3 Å². The maximum Gasteiger partial charge on any atom is 0.0600 e. The molecule has 82 valence electrons. The Morgan fingerprint density at radius 2 is 2.27 bits per heavy atom.